The van der Waals surface area contributed by atoms with E-state index < -0.39 is 48.6 Å². The van der Waals surface area contributed by atoms with Gasteiger partial charge in [0.05, 0.1) is 30.4 Å². The predicted octanol–water partition coefficient (Wildman–Crippen LogP) is 4.35. The molecule has 2 heterocycles. The highest BCUT2D eigenvalue weighted by Crippen LogP contribution is 2.35. The quantitative estimate of drug-likeness (QED) is 0.114. The molecule has 3 N–H and O–H groups in total. The summed E-state index contributed by atoms with van der Waals surface area (Å²) in [7, 11) is 0. The summed E-state index contributed by atoms with van der Waals surface area (Å²) < 4.78 is 22.3. The second-order valence-electron chi connectivity index (χ2n) is 10.3. The largest absolute Gasteiger partial charge is 0.455 e. The van der Waals surface area contributed by atoms with E-state index in [-0.39, 0.29) is 43.3 Å². The molecule has 10 atom stereocenters. The van der Waals surface area contributed by atoms with E-state index in [9.17, 15) is 24.9 Å². The van der Waals surface area contributed by atoms with Crippen molar-refractivity contribution in [2.45, 2.75) is 61.3 Å². The van der Waals surface area contributed by atoms with Gasteiger partial charge in [-0.25, -0.2) is 9.59 Å². The molecular formula is C31H42N3O9S2-. The van der Waals surface area contributed by atoms with Gasteiger partial charge >= 0.3 is 11.9 Å². The number of hydrogen-bond donors (Lipinski definition) is 3. The molecule has 248 valence electrons. The molecule has 2 aliphatic heterocycles. The van der Waals surface area contributed by atoms with Gasteiger partial charge in [0.2, 0.25) is 0 Å². The Morgan fingerprint density at radius 2 is 1.22 bits per heavy atom. The standard InChI is InChI=1S/C15H19N3O4S.C15H20O5S.CH3/c1-9-13(22-14(20)10-6-4-3-5-7-10)12(19)11(8-17-18-16)21-15(9)23-2;1-9-13(12(17)11(8-16)19-15(9)21-2)20-14(18)10-6-4-3-5-7-10;/h3-7,9,11-13,15,19H,8H2,1-2H3;3-7,9,11-13,15-17H,8H2,1-2H3;1H3/q;;-1/t2*9?,11?,12-,13-,15+;/m11./s1. The molecule has 14 heteroatoms. The smallest absolute Gasteiger partial charge is 0.338 e. The maximum absolute atomic E-state index is 12.3. The second-order valence-corrected chi connectivity index (χ2v) is 12.2. The van der Waals surface area contributed by atoms with E-state index >= 15 is 0 Å². The minimum Gasteiger partial charge on any atom is -0.455 e. The van der Waals surface area contributed by atoms with E-state index in [1.165, 1.54) is 23.5 Å². The topological polar surface area (TPSA) is 181 Å². The molecule has 0 saturated carbocycles. The molecule has 2 aromatic rings. The average molecular weight is 665 g/mol. The second kappa shape index (κ2) is 19.0. The van der Waals surface area contributed by atoms with Gasteiger partial charge < -0.3 is 41.7 Å². The van der Waals surface area contributed by atoms with Crippen LogP contribution in [0.4, 0.5) is 0 Å². The zero-order chi connectivity index (χ0) is 32.2. The number of thioether (sulfide) groups is 2. The Hall–Kier alpha value is -2.81. The van der Waals surface area contributed by atoms with Gasteiger partial charge in [0, 0.05) is 16.7 Å². The summed E-state index contributed by atoms with van der Waals surface area (Å²) >= 11 is 2.93. The van der Waals surface area contributed by atoms with Gasteiger partial charge in [-0.3, -0.25) is 0 Å². The lowest BCUT2D eigenvalue weighted by Crippen LogP contribution is -2.55. The highest BCUT2D eigenvalue weighted by Gasteiger charge is 2.46. The lowest BCUT2D eigenvalue weighted by Gasteiger charge is -2.42. The van der Waals surface area contributed by atoms with E-state index in [0.29, 0.717) is 11.1 Å². The van der Waals surface area contributed by atoms with Crippen LogP contribution in [-0.4, -0.2) is 100 Å². The fourth-order valence-electron chi connectivity index (χ4n) is 4.95. The molecule has 45 heavy (non-hydrogen) atoms. The number of ether oxygens (including phenoxy) is 4. The van der Waals surface area contributed by atoms with Crippen molar-refractivity contribution in [3.63, 3.8) is 0 Å². The Morgan fingerprint density at radius 1 is 0.822 bits per heavy atom. The van der Waals surface area contributed by atoms with Crippen LogP contribution in [-0.2, 0) is 18.9 Å². The highest BCUT2D eigenvalue weighted by molar-refractivity contribution is 7.99. The first-order valence-corrected chi connectivity index (χ1v) is 16.6. The van der Waals surface area contributed by atoms with E-state index in [0.717, 1.165) is 0 Å². The zero-order valence-electron chi connectivity index (χ0n) is 25.9. The molecule has 2 fully saturated rings. The molecule has 0 aliphatic carbocycles. The van der Waals surface area contributed by atoms with Gasteiger partial charge in [-0.15, -0.1) is 23.5 Å². The van der Waals surface area contributed by atoms with Crippen LogP contribution in [0.15, 0.2) is 65.8 Å². The van der Waals surface area contributed by atoms with Gasteiger partial charge in [-0.1, -0.05) is 55.4 Å². The van der Waals surface area contributed by atoms with Crippen LogP contribution in [0.3, 0.4) is 0 Å². The van der Waals surface area contributed by atoms with Crippen molar-refractivity contribution in [1.82, 2.24) is 0 Å². The third-order valence-corrected chi connectivity index (χ3v) is 9.43. The minimum absolute atomic E-state index is 0. The molecule has 4 rings (SSSR count). The summed E-state index contributed by atoms with van der Waals surface area (Å²) in [6.07, 6.45) is -1.22. The highest BCUT2D eigenvalue weighted by atomic mass is 32.2. The summed E-state index contributed by atoms with van der Waals surface area (Å²) in [4.78, 5) is 27.1. The summed E-state index contributed by atoms with van der Waals surface area (Å²) in [5.74, 6) is -1.35. The van der Waals surface area contributed by atoms with Crippen LogP contribution in [0.5, 0.6) is 0 Å². The number of rotatable bonds is 9. The van der Waals surface area contributed by atoms with E-state index in [2.05, 4.69) is 10.0 Å². The number of aliphatic hydroxyl groups excluding tert-OH is 3. The summed E-state index contributed by atoms with van der Waals surface area (Å²) in [6, 6.07) is 17.2. The fraction of sp³-hybridized carbons (Fsp3) is 0.516. The van der Waals surface area contributed by atoms with Crippen LogP contribution < -0.4 is 0 Å². The Morgan fingerprint density at radius 3 is 1.60 bits per heavy atom. The van der Waals surface area contributed by atoms with Gasteiger partial charge in [-0.05, 0) is 42.3 Å². The number of hydrogen-bond acceptors (Lipinski definition) is 12. The number of benzene rings is 2. The fourth-order valence-corrected chi connectivity index (χ4v) is 6.63. The van der Waals surface area contributed by atoms with E-state index in [1.54, 1.807) is 48.5 Å². The van der Waals surface area contributed by atoms with Crippen molar-refractivity contribution in [3.05, 3.63) is 89.7 Å². The van der Waals surface area contributed by atoms with E-state index in [4.69, 9.17) is 24.5 Å². The summed E-state index contributed by atoms with van der Waals surface area (Å²) in [5.41, 5.74) is 8.81. The Kier molecular flexibility index (Phi) is 16.2. The van der Waals surface area contributed by atoms with E-state index in [1.807, 2.05) is 38.5 Å². The lowest BCUT2D eigenvalue weighted by molar-refractivity contribution is -0.182. The number of nitrogens with zero attached hydrogens (tertiary/aromatic N) is 3. The average Bonchev–Trinajstić information content (AvgIpc) is 3.05. The molecule has 12 nitrogen and oxygen atoms in total. The van der Waals surface area contributed by atoms with Crippen molar-refractivity contribution >= 4 is 35.5 Å². The third-order valence-electron chi connectivity index (χ3n) is 7.42. The molecular weight excluding hydrogens is 622 g/mol. The van der Waals surface area contributed by atoms with Crippen LogP contribution in [0.25, 0.3) is 10.4 Å². The van der Waals surface area contributed by atoms with Crippen LogP contribution >= 0.6 is 23.5 Å². The molecule has 2 aromatic carbocycles. The summed E-state index contributed by atoms with van der Waals surface area (Å²) in [6.45, 7) is 3.39. The molecule has 0 radical (unpaired) electrons. The molecule has 0 aromatic heterocycles. The van der Waals surface area contributed by atoms with Crippen molar-refractivity contribution in [3.8, 4) is 0 Å². The van der Waals surface area contributed by atoms with Crippen molar-refractivity contribution in [2.75, 3.05) is 25.7 Å². The van der Waals surface area contributed by atoms with Gasteiger partial charge in [-0.2, -0.15) is 0 Å². The SMILES string of the molecule is CS[C@@H]1OC(CN=[N+]=[N-])[C@@H](O)[C@H](OC(=O)c2ccccc2)C1C.CS[C@@H]1OC(CO)[C@@H](O)[C@H](OC(=O)c2ccccc2)C1C.[CH3-]. The van der Waals surface area contributed by atoms with Gasteiger partial charge in [0.15, 0.2) is 0 Å². The predicted molar refractivity (Wildman–Crippen MR) is 173 cm³/mol. The monoisotopic (exact) mass is 664 g/mol. The number of carbonyl (C=O) groups excluding carboxylic acids is 2. The Balaban J connectivity index is 0.000000308. The lowest BCUT2D eigenvalue weighted by atomic mass is 9.93. The first-order chi connectivity index (χ1) is 21.2. The first kappa shape index (κ1) is 38.4. The number of esters is 2. The van der Waals surface area contributed by atoms with Crippen LogP contribution in [0, 0.1) is 19.3 Å². The first-order valence-electron chi connectivity index (χ1n) is 14.0. The molecule has 4 unspecified atom stereocenters. The molecule has 0 bridgehead atoms. The number of azide groups is 1. The van der Waals surface area contributed by atoms with Crippen LogP contribution in [0.1, 0.15) is 34.6 Å². The van der Waals surface area contributed by atoms with Gasteiger partial charge in [0.1, 0.15) is 41.4 Å². The van der Waals surface area contributed by atoms with Crippen LogP contribution in [0.2, 0.25) is 0 Å². The van der Waals surface area contributed by atoms with Crippen molar-refractivity contribution in [2.24, 2.45) is 17.0 Å². The maximum atomic E-state index is 12.3. The maximum Gasteiger partial charge on any atom is 0.338 e. The van der Waals surface area contributed by atoms with Gasteiger partial charge in [0.25, 0.3) is 0 Å². The Bertz CT molecular complexity index is 1220. The third kappa shape index (κ3) is 10.1. The normalized spacial score (nSPS) is 30.7. The molecule has 2 aliphatic rings. The number of aliphatic hydroxyl groups is 3. The molecule has 2 saturated heterocycles. The van der Waals surface area contributed by atoms with Crippen molar-refractivity contribution < 1.29 is 43.9 Å². The minimum atomic E-state index is -1.05. The van der Waals surface area contributed by atoms with Crippen molar-refractivity contribution in [1.29, 1.82) is 0 Å². The molecule has 0 spiro atoms. The Labute approximate surface area is 272 Å². The summed E-state index contributed by atoms with van der Waals surface area (Å²) in [5, 5.41) is 33.4. The molecule has 0 amide bonds. The zero-order valence-corrected chi connectivity index (χ0v) is 27.5. The number of carbonyl (C=O) groups is 2.